The topological polar surface area (TPSA) is 12.0 Å². The lowest BCUT2D eigenvalue weighted by atomic mass is 9.76. The zero-order valence-corrected chi connectivity index (χ0v) is 12.2. The molecule has 20 heavy (non-hydrogen) atoms. The van der Waals surface area contributed by atoms with E-state index in [1.807, 2.05) is 0 Å². The first-order chi connectivity index (χ1) is 9.84. The van der Waals surface area contributed by atoms with E-state index < -0.39 is 0 Å². The van der Waals surface area contributed by atoms with Crippen molar-refractivity contribution in [1.82, 2.24) is 5.32 Å². The van der Waals surface area contributed by atoms with E-state index in [2.05, 4.69) is 66.8 Å². The summed E-state index contributed by atoms with van der Waals surface area (Å²) in [5.74, 6) is 1.29. The van der Waals surface area contributed by atoms with Crippen LogP contribution in [0.2, 0.25) is 0 Å². The molecule has 1 heterocycles. The molecule has 2 aromatic carbocycles. The van der Waals surface area contributed by atoms with Crippen LogP contribution >= 0.6 is 0 Å². The summed E-state index contributed by atoms with van der Waals surface area (Å²) in [6, 6.07) is 20.1. The highest BCUT2D eigenvalue weighted by atomic mass is 14.9. The van der Waals surface area contributed by atoms with Gasteiger partial charge < -0.3 is 5.32 Å². The second kappa shape index (κ2) is 6.23. The SMILES string of the molecule is Cc1cccc([C@H](c2ccccc2)C2CCNCC2)c1. The lowest BCUT2D eigenvalue weighted by Crippen LogP contribution is -2.31. The largest absolute Gasteiger partial charge is 0.317 e. The molecule has 0 saturated carbocycles. The van der Waals surface area contributed by atoms with E-state index in [9.17, 15) is 0 Å². The second-order valence-corrected chi connectivity index (χ2v) is 5.89. The van der Waals surface area contributed by atoms with E-state index in [4.69, 9.17) is 0 Å². The highest BCUT2D eigenvalue weighted by molar-refractivity contribution is 5.35. The van der Waals surface area contributed by atoms with Crippen molar-refractivity contribution in [3.8, 4) is 0 Å². The Morgan fingerprint density at radius 1 is 0.900 bits per heavy atom. The standard InChI is InChI=1S/C19H23N/c1-15-6-5-9-18(14-15)19(16-7-3-2-4-8-16)17-10-12-20-13-11-17/h2-9,14,17,19-20H,10-13H2,1H3/t19-/m1/s1. The molecule has 1 fully saturated rings. The Morgan fingerprint density at radius 2 is 1.60 bits per heavy atom. The Morgan fingerprint density at radius 3 is 2.30 bits per heavy atom. The van der Waals surface area contributed by atoms with Crippen molar-refractivity contribution >= 4 is 0 Å². The van der Waals surface area contributed by atoms with Gasteiger partial charge in [0.15, 0.2) is 0 Å². The first-order valence-corrected chi connectivity index (χ1v) is 7.67. The maximum absolute atomic E-state index is 3.48. The van der Waals surface area contributed by atoms with Crippen molar-refractivity contribution in [3.63, 3.8) is 0 Å². The van der Waals surface area contributed by atoms with Crippen molar-refractivity contribution < 1.29 is 0 Å². The third-order valence-corrected chi connectivity index (χ3v) is 4.42. The molecule has 1 heteroatoms. The van der Waals surface area contributed by atoms with Gasteiger partial charge in [-0.3, -0.25) is 0 Å². The van der Waals surface area contributed by atoms with E-state index in [1.54, 1.807) is 0 Å². The minimum Gasteiger partial charge on any atom is -0.317 e. The molecule has 0 bridgehead atoms. The molecule has 104 valence electrons. The van der Waals surface area contributed by atoms with Gasteiger partial charge in [0, 0.05) is 5.92 Å². The number of hydrogen-bond donors (Lipinski definition) is 1. The van der Waals surface area contributed by atoms with Crippen LogP contribution in [-0.2, 0) is 0 Å². The van der Waals surface area contributed by atoms with Gasteiger partial charge in [-0.25, -0.2) is 0 Å². The number of aryl methyl sites for hydroxylation is 1. The van der Waals surface area contributed by atoms with Crippen LogP contribution in [0.4, 0.5) is 0 Å². The minimum absolute atomic E-state index is 0.540. The fourth-order valence-electron chi connectivity index (χ4n) is 3.44. The summed E-state index contributed by atoms with van der Waals surface area (Å²) in [6.07, 6.45) is 2.54. The first-order valence-electron chi connectivity index (χ1n) is 7.67. The number of piperidine rings is 1. The van der Waals surface area contributed by atoms with Crippen molar-refractivity contribution in [3.05, 3.63) is 71.3 Å². The van der Waals surface area contributed by atoms with Gasteiger partial charge in [-0.15, -0.1) is 0 Å². The van der Waals surface area contributed by atoms with Crippen molar-refractivity contribution in [2.24, 2.45) is 5.92 Å². The van der Waals surface area contributed by atoms with E-state index >= 15 is 0 Å². The zero-order valence-electron chi connectivity index (χ0n) is 12.2. The smallest absolute Gasteiger partial charge is 0.0119 e. The lowest BCUT2D eigenvalue weighted by molar-refractivity contribution is 0.342. The second-order valence-electron chi connectivity index (χ2n) is 5.89. The highest BCUT2D eigenvalue weighted by Gasteiger charge is 2.26. The molecule has 2 aromatic rings. The lowest BCUT2D eigenvalue weighted by Gasteiger charge is -2.31. The summed E-state index contributed by atoms with van der Waals surface area (Å²) in [5.41, 5.74) is 4.30. The maximum Gasteiger partial charge on any atom is 0.0119 e. The fraction of sp³-hybridized carbons (Fsp3) is 0.368. The molecule has 0 unspecified atom stereocenters. The zero-order chi connectivity index (χ0) is 13.8. The van der Waals surface area contributed by atoms with Crippen LogP contribution in [0.1, 0.15) is 35.4 Å². The van der Waals surface area contributed by atoms with Gasteiger partial charge in [-0.2, -0.15) is 0 Å². The summed E-state index contributed by atoms with van der Waals surface area (Å²) in [6.45, 7) is 4.49. The Hall–Kier alpha value is -1.60. The number of rotatable bonds is 3. The van der Waals surface area contributed by atoms with Gasteiger partial charge >= 0.3 is 0 Å². The van der Waals surface area contributed by atoms with E-state index in [0.29, 0.717) is 5.92 Å². The molecule has 0 amide bonds. The predicted octanol–water partition coefficient (Wildman–Crippen LogP) is 4.13. The van der Waals surface area contributed by atoms with Crippen molar-refractivity contribution in [1.29, 1.82) is 0 Å². The normalized spacial score (nSPS) is 17.9. The molecule has 1 saturated heterocycles. The van der Waals surface area contributed by atoms with E-state index in [-0.39, 0.29) is 0 Å². The summed E-state index contributed by atoms with van der Waals surface area (Å²) in [5, 5.41) is 3.48. The van der Waals surface area contributed by atoms with Gasteiger partial charge in [0.1, 0.15) is 0 Å². The van der Waals surface area contributed by atoms with Gasteiger partial charge in [0.25, 0.3) is 0 Å². The summed E-state index contributed by atoms with van der Waals surface area (Å²) < 4.78 is 0. The van der Waals surface area contributed by atoms with Gasteiger partial charge in [0.2, 0.25) is 0 Å². The molecule has 0 spiro atoms. The minimum atomic E-state index is 0.540. The molecule has 1 N–H and O–H groups in total. The first kappa shape index (κ1) is 13.4. The summed E-state index contributed by atoms with van der Waals surface area (Å²) in [4.78, 5) is 0. The van der Waals surface area contributed by atoms with Crippen LogP contribution in [-0.4, -0.2) is 13.1 Å². The van der Waals surface area contributed by atoms with Crippen molar-refractivity contribution in [2.45, 2.75) is 25.7 Å². The molecule has 1 nitrogen and oxygen atoms in total. The van der Waals surface area contributed by atoms with E-state index in [0.717, 1.165) is 19.0 Å². The third-order valence-electron chi connectivity index (χ3n) is 4.42. The number of benzene rings is 2. The van der Waals surface area contributed by atoms with Gasteiger partial charge in [0.05, 0.1) is 0 Å². The summed E-state index contributed by atoms with van der Waals surface area (Å²) in [7, 11) is 0. The van der Waals surface area contributed by atoms with Gasteiger partial charge in [-0.05, 0) is 49.9 Å². The molecule has 1 aliphatic rings. The Bertz CT molecular complexity index is 541. The molecule has 0 radical (unpaired) electrons. The quantitative estimate of drug-likeness (QED) is 0.880. The van der Waals surface area contributed by atoms with Crippen molar-refractivity contribution in [2.75, 3.05) is 13.1 Å². The average Bonchev–Trinajstić information content (AvgIpc) is 2.50. The molecule has 1 aliphatic heterocycles. The Kier molecular flexibility index (Phi) is 4.17. The van der Waals surface area contributed by atoms with Crippen LogP contribution in [0.15, 0.2) is 54.6 Å². The molecule has 0 aromatic heterocycles. The highest BCUT2D eigenvalue weighted by Crippen LogP contribution is 2.36. The van der Waals surface area contributed by atoms with Crippen LogP contribution in [0, 0.1) is 12.8 Å². The van der Waals surface area contributed by atoms with Crippen LogP contribution in [0.3, 0.4) is 0 Å². The average molecular weight is 265 g/mol. The fourth-order valence-corrected chi connectivity index (χ4v) is 3.44. The maximum atomic E-state index is 3.48. The number of nitrogens with one attached hydrogen (secondary N) is 1. The van der Waals surface area contributed by atoms with E-state index in [1.165, 1.54) is 29.5 Å². The molecule has 1 atom stereocenters. The third kappa shape index (κ3) is 2.94. The predicted molar refractivity (Wildman–Crippen MR) is 85.1 cm³/mol. The molecular weight excluding hydrogens is 242 g/mol. The Balaban J connectivity index is 1.98. The number of hydrogen-bond acceptors (Lipinski definition) is 1. The molecular formula is C19H23N. The molecule has 0 aliphatic carbocycles. The Labute approximate surface area is 122 Å². The monoisotopic (exact) mass is 265 g/mol. The van der Waals surface area contributed by atoms with Crippen LogP contribution in [0.5, 0.6) is 0 Å². The molecule has 3 rings (SSSR count). The summed E-state index contributed by atoms with van der Waals surface area (Å²) >= 11 is 0. The van der Waals surface area contributed by atoms with Crippen LogP contribution < -0.4 is 5.32 Å². The van der Waals surface area contributed by atoms with Crippen LogP contribution in [0.25, 0.3) is 0 Å². The van der Waals surface area contributed by atoms with Gasteiger partial charge in [-0.1, -0.05) is 60.2 Å².